The summed E-state index contributed by atoms with van der Waals surface area (Å²) in [5.41, 5.74) is 15.0. The molecule has 4 aromatic heterocycles. The highest BCUT2D eigenvalue weighted by atomic mass is 32.1. The topological polar surface area (TPSA) is 35.6 Å². The SMILES string of the molecule is C1=Cc2c(c3ccc(-c4ccc5c(c4)c4c6ccccc6ccc4n5-c4nc(-c5ccccc5)c5c(ccc6c(-c7ccccc7)csc65)n4)cc3n2-c2ccccc2)CC1. The number of aryl methyl sites for hydroxylation is 1. The molecule has 13 rings (SSSR count). The standard InChI is InChI=1S/C56H36N4S/c1-4-14-35(15-5-1)46-34-61-55-44(46)28-29-47-53(55)54(37-17-6-2-7-18-37)58-56(57-47)60-49-30-26-38(32-45(49)52-41-21-11-10-16-36(41)25-31-50(52)60)39-24-27-43-42-22-12-13-23-48(42)59(51(43)33-39)40-19-8-3-9-20-40/h1-11,13-21,23-34H,12,22H2. The molecule has 0 spiro atoms. The molecule has 0 aliphatic heterocycles. The van der Waals surface area contributed by atoms with Gasteiger partial charge in [-0.1, -0.05) is 140 Å². The minimum atomic E-state index is 0.661. The summed E-state index contributed by atoms with van der Waals surface area (Å²) in [6.45, 7) is 0. The number of para-hydroxylation sites is 1. The Labute approximate surface area is 355 Å². The Morgan fingerprint density at radius 3 is 2.07 bits per heavy atom. The first-order valence-corrected chi connectivity index (χ1v) is 21.8. The second kappa shape index (κ2) is 13.5. The highest BCUT2D eigenvalue weighted by Crippen LogP contribution is 2.44. The van der Waals surface area contributed by atoms with Crippen molar-refractivity contribution in [2.45, 2.75) is 12.8 Å². The van der Waals surface area contributed by atoms with E-state index in [1.165, 1.54) is 81.7 Å². The summed E-state index contributed by atoms with van der Waals surface area (Å²) in [7, 11) is 0. The summed E-state index contributed by atoms with van der Waals surface area (Å²) >= 11 is 1.77. The number of benzene rings is 8. The van der Waals surface area contributed by atoms with E-state index in [0.29, 0.717) is 5.95 Å². The van der Waals surface area contributed by atoms with Crippen molar-refractivity contribution in [2.75, 3.05) is 0 Å². The van der Waals surface area contributed by atoms with Crippen LogP contribution in [-0.4, -0.2) is 19.1 Å². The smallest absolute Gasteiger partial charge is 0.235 e. The van der Waals surface area contributed by atoms with Crippen LogP contribution >= 0.6 is 11.3 Å². The molecule has 0 fully saturated rings. The van der Waals surface area contributed by atoms with Crippen LogP contribution in [0.3, 0.4) is 0 Å². The predicted molar refractivity (Wildman–Crippen MR) is 257 cm³/mol. The Morgan fingerprint density at radius 2 is 1.21 bits per heavy atom. The zero-order valence-electron chi connectivity index (χ0n) is 33.1. The largest absolute Gasteiger partial charge is 0.310 e. The highest BCUT2D eigenvalue weighted by molar-refractivity contribution is 7.18. The minimum absolute atomic E-state index is 0.661. The van der Waals surface area contributed by atoms with Crippen LogP contribution in [0.1, 0.15) is 17.7 Å². The van der Waals surface area contributed by atoms with Gasteiger partial charge in [-0.15, -0.1) is 11.3 Å². The molecule has 0 unspecified atom stereocenters. The van der Waals surface area contributed by atoms with E-state index in [2.05, 4.69) is 203 Å². The Balaban J connectivity index is 1.06. The molecule has 0 radical (unpaired) electrons. The van der Waals surface area contributed by atoms with Crippen molar-refractivity contribution in [1.29, 1.82) is 0 Å². The van der Waals surface area contributed by atoms with Gasteiger partial charge in [0.1, 0.15) is 0 Å². The molecule has 286 valence electrons. The van der Waals surface area contributed by atoms with Gasteiger partial charge in [-0.2, -0.15) is 0 Å². The minimum Gasteiger partial charge on any atom is -0.310 e. The Kier molecular flexibility index (Phi) is 7.57. The fourth-order valence-electron chi connectivity index (χ4n) is 9.90. The number of allylic oxidation sites excluding steroid dienone is 1. The van der Waals surface area contributed by atoms with Crippen LogP contribution in [0.15, 0.2) is 187 Å². The number of hydrogen-bond donors (Lipinski definition) is 0. The van der Waals surface area contributed by atoms with Crippen LogP contribution in [0.5, 0.6) is 0 Å². The van der Waals surface area contributed by atoms with Crippen LogP contribution in [0.4, 0.5) is 0 Å². The number of fused-ring (bicyclic) bond motifs is 11. The fourth-order valence-corrected chi connectivity index (χ4v) is 11.0. The average molecular weight is 797 g/mol. The summed E-state index contributed by atoms with van der Waals surface area (Å²) < 4.78 is 5.92. The maximum atomic E-state index is 5.56. The Bertz CT molecular complexity index is 3740. The lowest BCUT2D eigenvalue weighted by atomic mass is 9.97. The summed E-state index contributed by atoms with van der Waals surface area (Å²) in [6.07, 6.45) is 6.73. The van der Waals surface area contributed by atoms with Gasteiger partial charge < -0.3 is 4.57 Å². The lowest BCUT2D eigenvalue weighted by molar-refractivity contribution is 0.967. The van der Waals surface area contributed by atoms with Gasteiger partial charge in [-0.05, 0) is 99.8 Å². The molecule has 61 heavy (non-hydrogen) atoms. The third kappa shape index (κ3) is 5.24. The maximum Gasteiger partial charge on any atom is 0.235 e. The monoisotopic (exact) mass is 796 g/mol. The van der Waals surface area contributed by atoms with Crippen molar-refractivity contribution < 1.29 is 0 Å². The Hall–Kier alpha value is -7.60. The zero-order chi connectivity index (χ0) is 40.0. The normalized spacial score (nSPS) is 12.7. The van der Waals surface area contributed by atoms with Gasteiger partial charge in [-0.3, -0.25) is 4.57 Å². The molecule has 0 bridgehead atoms. The molecular formula is C56H36N4S. The number of rotatable bonds is 5. The molecule has 4 heterocycles. The number of nitrogens with zero attached hydrogens (tertiary/aromatic N) is 4. The summed E-state index contributed by atoms with van der Waals surface area (Å²) in [5, 5.41) is 10.7. The molecule has 8 aromatic carbocycles. The molecule has 0 amide bonds. The third-order valence-corrected chi connectivity index (χ3v) is 13.7. The van der Waals surface area contributed by atoms with Crippen molar-refractivity contribution in [1.82, 2.24) is 19.1 Å². The predicted octanol–water partition coefficient (Wildman–Crippen LogP) is 15.0. The summed E-state index contributed by atoms with van der Waals surface area (Å²) in [6, 6.07) is 63.6. The van der Waals surface area contributed by atoms with Crippen LogP contribution in [0.2, 0.25) is 0 Å². The van der Waals surface area contributed by atoms with E-state index in [-0.39, 0.29) is 0 Å². The Morgan fingerprint density at radius 1 is 0.492 bits per heavy atom. The van der Waals surface area contributed by atoms with E-state index in [4.69, 9.17) is 9.97 Å². The first-order valence-electron chi connectivity index (χ1n) is 21.0. The van der Waals surface area contributed by atoms with Crippen LogP contribution in [0.25, 0.3) is 116 Å². The number of thiophene rings is 1. The molecule has 12 aromatic rings. The first-order chi connectivity index (χ1) is 30.3. The highest BCUT2D eigenvalue weighted by Gasteiger charge is 2.23. The van der Waals surface area contributed by atoms with Gasteiger partial charge in [0.05, 0.1) is 27.8 Å². The van der Waals surface area contributed by atoms with Crippen molar-refractivity contribution in [2.24, 2.45) is 0 Å². The van der Waals surface area contributed by atoms with Gasteiger partial charge in [0, 0.05) is 54.1 Å². The van der Waals surface area contributed by atoms with Crippen LogP contribution in [-0.2, 0) is 6.42 Å². The van der Waals surface area contributed by atoms with Gasteiger partial charge in [0.2, 0.25) is 5.95 Å². The van der Waals surface area contributed by atoms with Gasteiger partial charge in [0.15, 0.2) is 0 Å². The summed E-state index contributed by atoms with van der Waals surface area (Å²) in [5.74, 6) is 0.661. The van der Waals surface area contributed by atoms with Crippen molar-refractivity contribution in [3.63, 3.8) is 0 Å². The molecule has 0 saturated carbocycles. The lowest BCUT2D eigenvalue weighted by Gasteiger charge is -2.13. The zero-order valence-corrected chi connectivity index (χ0v) is 33.9. The molecule has 0 saturated heterocycles. The molecule has 1 aliphatic carbocycles. The van der Waals surface area contributed by atoms with E-state index in [0.717, 1.165) is 46.0 Å². The lowest BCUT2D eigenvalue weighted by Crippen LogP contribution is -2.03. The number of hydrogen-bond acceptors (Lipinski definition) is 3. The van der Waals surface area contributed by atoms with E-state index in [9.17, 15) is 0 Å². The maximum absolute atomic E-state index is 5.56. The molecule has 0 atom stereocenters. The fraction of sp³-hybridized carbons (Fsp3) is 0.0357. The molecule has 0 N–H and O–H groups in total. The van der Waals surface area contributed by atoms with Crippen LogP contribution in [0, 0.1) is 0 Å². The second-order valence-electron chi connectivity index (χ2n) is 16.0. The first kappa shape index (κ1) is 34.3. The van der Waals surface area contributed by atoms with Crippen molar-refractivity contribution >= 4 is 81.9 Å². The quantitative estimate of drug-likeness (QED) is 0.174. The van der Waals surface area contributed by atoms with E-state index >= 15 is 0 Å². The molecule has 4 nitrogen and oxygen atoms in total. The molecule has 5 heteroatoms. The molecule has 1 aliphatic rings. The van der Waals surface area contributed by atoms with Gasteiger partial charge >= 0.3 is 0 Å². The summed E-state index contributed by atoms with van der Waals surface area (Å²) in [4.78, 5) is 11.0. The van der Waals surface area contributed by atoms with Crippen molar-refractivity contribution in [3.8, 4) is 45.1 Å². The van der Waals surface area contributed by atoms with Gasteiger partial charge in [0.25, 0.3) is 0 Å². The van der Waals surface area contributed by atoms with Gasteiger partial charge in [-0.25, -0.2) is 9.97 Å². The van der Waals surface area contributed by atoms with E-state index < -0.39 is 0 Å². The van der Waals surface area contributed by atoms with E-state index in [1.807, 2.05) is 0 Å². The van der Waals surface area contributed by atoms with Crippen molar-refractivity contribution in [3.05, 3.63) is 199 Å². The van der Waals surface area contributed by atoms with E-state index in [1.54, 1.807) is 11.3 Å². The van der Waals surface area contributed by atoms with Crippen LogP contribution < -0.4 is 0 Å². The number of aromatic nitrogens is 4. The second-order valence-corrected chi connectivity index (χ2v) is 16.9. The molecular weight excluding hydrogens is 761 g/mol. The average Bonchev–Trinajstić information content (AvgIpc) is 4.02. The third-order valence-electron chi connectivity index (χ3n) is 12.7.